The summed E-state index contributed by atoms with van der Waals surface area (Å²) < 4.78 is 98.5. The van der Waals surface area contributed by atoms with E-state index in [1.54, 1.807) is 13.0 Å². The van der Waals surface area contributed by atoms with Crippen LogP contribution in [0.5, 0.6) is 0 Å². The minimum absolute atomic E-state index is 0.0354. The summed E-state index contributed by atoms with van der Waals surface area (Å²) in [6.45, 7) is 1.94. The van der Waals surface area contributed by atoms with Crippen molar-refractivity contribution >= 4 is 22.6 Å². The first-order chi connectivity index (χ1) is 15.4. The lowest BCUT2D eigenvalue weighted by atomic mass is 10.1. The molecule has 1 aromatic heterocycles. The molecule has 176 valence electrons. The summed E-state index contributed by atoms with van der Waals surface area (Å²) in [7, 11) is 0. The molecule has 1 heterocycles. The smallest absolute Gasteiger partial charge is 0.416 e. The number of hydrogen-bond acceptors (Lipinski definition) is 2. The molecule has 0 saturated carbocycles. The number of anilines is 1. The topological polar surface area (TPSA) is 43.3 Å². The average Bonchev–Trinajstić information content (AvgIpc) is 3.07. The van der Waals surface area contributed by atoms with Gasteiger partial charge in [0.2, 0.25) is 0 Å². The Morgan fingerprint density at radius 1 is 1.03 bits per heavy atom. The van der Waals surface area contributed by atoms with Crippen LogP contribution in [0.3, 0.4) is 0 Å². The molecule has 0 atom stereocenters. The Balaban J connectivity index is 1.98. The largest absolute Gasteiger partial charge is 0.501 e. The first-order valence-electron chi connectivity index (χ1n) is 9.53. The van der Waals surface area contributed by atoms with Gasteiger partial charge in [0.1, 0.15) is 5.82 Å². The number of nitrogens with one attached hydrogen (secondary N) is 1. The fourth-order valence-corrected chi connectivity index (χ4v) is 3.18. The van der Waals surface area contributed by atoms with E-state index < -0.39 is 41.0 Å². The SMILES string of the molecule is CC=COCCc1cn(C(=O)Nc2cc(C(F)(F)F)cc(C(F)(F)F)c2)c2ccc(F)cc12. The number of halogens is 7. The molecule has 0 aliphatic rings. The zero-order valence-electron chi connectivity index (χ0n) is 17.0. The molecule has 0 aliphatic heterocycles. The van der Waals surface area contributed by atoms with E-state index in [0.29, 0.717) is 23.1 Å². The fourth-order valence-electron chi connectivity index (χ4n) is 3.18. The fraction of sp³-hybridized carbons (Fsp3) is 0.227. The number of aromatic nitrogens is 1. The highest BCUT2D eigenvalue weighted by atomic mass is 19.4. The zero-order valence-corrected chi connectivity index (χ0v) is 17.0. The maximum absolute atomic E-state index is 13.8. The van der Waals surface area contributed by atoms with E-state index in [9.17, 15) is 35.5 Å². The second kappa shape index (κ2) is 9.16. The molecular formula is C22H17F7N2O2. The standard InChI is InChI=1S/C22H17F7N2O2/c1-2-6-33-7-5-13-12-31(19-4-3-16(23)11-18(13)19)20(32)30-17-9-14(21(24,25)26)8-15(10-17)22(27,28)29/h2-4,6,8-12H,5,7H2,1H3,(H,30,32). The van der Waals surface area contributed by atoms with Crippen LogP contribution in [-0.4, -0.2) is 17.2 Å². The van der Waals surface area contributed by atoms with Crippen LogP contribution in [-0.2, 0) is 23.5 Å². The van der Waals surface area contributed by atoms with Gasteiger partial charge in [-0.2, -0.15) is 26.3 Å². The van der Waals surface area contributed by atoms with Gasteiger partial charge >= 0.3 is 18.4 Å². The maximum atomic E-state index is 13.8. The number of hydrogen-bond donors (Lipinski definition) is 1. The Bertz CT molecular complexity index is 1160. The van der Waals surface area contributed by atoms with Crippen molar-refractivity contribution in [1.29, 1.82) is 0 Å². The van der Waals surface area contributed by atoms with Crippen LogP contribution in [0.4, 0.5) is 41.2 Å². The van der Waals surface area contributed by atoms with Crippen molar-refractivity contribution in [3.8, 4) is 0 Å². The number of carbonyl (C=O) groups is 1. The van der Waals surface area contributed by atoms with Crippen molar-refractivity contribution in [2.45, 2.75) is 25.7 Å². The molecular weight excluding hydrogens is 457 g/mol. The predicted octanol–water partition coefficient (Wildman–Crippen LogP) is 6.99. The summed E-state index contributed by atoms with van der Waals surface area (Å²) in [6, 6.07) is 3.31. The number of amides is 1. The monoisotopic (exact) mass is 474 g/mol. The van der Waals surface area contributed by atoms with Crippen molar-refractivity contribution in [2.24, 2.45) is 0 Å². The molecule has 0 spiro atoms. The molecule has 4 nitrogen and oxygen atoms in total. The third-order valence-corrected chi connectivity index (χ3v) is 4.63. The lowest BCUT2D eigenvalue weighted by molar-refractivity contribution is -0.143. The molecule has 11 heteroatoms. The highest BCUT2D eigenvalue weighted by Crippen LogP contribution is 2.37. The van der Waals surface area contributed by atoms with Gasteiger partial charge in [-0.25, -0.2) is 9.18 Å². The summed E-state index contributed by atoms with van der Waals surface area (Å²) >= 11 is 0. The molecule has 0 saturated heterocycles. The van der Waals surface area contributed by atoms with E-state index >= 15 is 0 Å². The molecule has 33 heavy (non-hydrogen) atoms. The maximum Gasteiger partial charge on any atom is 0.416 e. The second-order valence-electron chi connectivity index (χ2n) is 7.00. The second-order valence-corrected chi connectivity index (χ2v) is 7.00. The van der Waals surface area contributed by atoms with Crippen LogP contribution in [0.15, 0.2) is 54.9 Å². The van der Waals surface area contributed by atoms with Gasteiger partial charge in [-0.15, -0.1) is 0 Å². The predicted molar refractivity (Wildman–Crippen MR) is 107 cm³/mol. The van der Waals surface area contributed by atoms with E-state index in [1.165, 1.54) is 24.6 Å². The third-order valence-electron chi connectivity index (χ3n) is 4.63. The van der Waals surface area contributed by atoms with E-state index in [2.05, 4.69) is 5.32 Å². The van der Waals surface area contributed by atoms with Crippen LogP contribution < -0.4 is 5.32 Å². The van der Waals surface area contributed by atoms with Crippen LogP contribution in [0.25, 0.3) is 10.9 Å². The Morgan fingerprint density at radius 2 is 1.67 bits per heavy atom. The highest BCUT2D eigenvalue weighted by Gasteiger charge is 2.37. The molecule has 3 aromatic rings. The lowest BCUT2D eigenvalue weighted by Crippen LogP contribution is -2.20. The third kappa shape index (κ3) is 5.65. The van der Waals surface area contributed by atoms with Crippen LogP contribution >= 0.6 is 0 Å². The molecule has 0 aliphatic carbocycles. The molecule has 0 fully saturated rings. The van der Waals surface area contributed by atoms with E-state index in [0.717, 1.165) is 10.6 Å². The van der Waals surface area contributed by atoms with Gasteiger partial charge < -0.3 is 10.1 Å². The number of carbonyl (C=O) groups excluding carboxylic acids is 1. The first-order valence-corrected chi connectivity index (χ1v) is 9.53. The number of nitrogens with zero attached hydrogens (tertiary/aromatic N) is 1. The van der Waals surface area contributed by atoms with Gasteiger partial charge in [0.15, 0.2) is 0 Å². The summed E-state index contributed by atoms with van der Waals surface area (Å²) in [5.41, 5.74) is -3.09. The molecule has 3 rings (SSSR count). The van der Waals surface area contributed by atoms with Crippen molar-refractivity contribution in [1.82, 2.24) is 4.57 Å². The molecule has 1 amide bonds. The summed E-state index contributed by atoms with van der Waals surface area (Å²) in [5, 5.41) is 2.42. The highest BCUT2D eigenvalue weighted by molar-refractivity contribution is 5.99. The van der Waals surface area contributed by atoms with E-state index in [-0.39, 0.29) is 24.6 Å². The molecule has 0 unspecified atom stereocenters. The van der Waals surface area contributed by atoms with Crippen molar-refractivity contribution in [3.63, 3.8) is 0 Å². The van der Waals surface area contributed by atoms with Crippen LogP contribution in [0.2, 0.25) is 0 Å². The number of fused-ring (bicyclic) bond motifs is 1. The average molecular weight is 474 g/mol. The number of rotatable bonds is 5. The summed E-state index contributed by atoms with van der Waals surface area (Å²) in [4.78, 5) is 12.8. The Morgan fingerprint density at radius 3 is 2.24 bits per heavy atom. The number of alkyl halides is 6. The minimum atomic E-state index is -5.06. The normalized spacial score (nSPS) is 12.5. The first kappa shape index (κ1) is 24.1. The van der Waals surface area contributed by atoms with Gasteiger partial charge in [-0.05, 0) is 48.9 Å². The number of allylic oxidation sites excluding steroid dienone is 1. The number of ether oxygens (including phenoxy) is 1. The van der Waals surface area contributed by atoms with Gasteiger partial charge in [0, 0.05) is 23.7 Å². The number of benzene rings is 2. The van der Waals surface area contributed by atoms with Gasteiger partial charge in [-0.1, -0.05) is 6.08 Å². The van der Waals surface area contributed by atoms with E-state index in [1.807, 2.05) is 0 Å². The summed E-state index contributed by atoms with van der Waals surface area (Å²) in [5.74, 6) is -0.580. The van der Waals surface area contributed by atoms with Crippen molar-refractivity contribution in [3.05, 3.63) is 77.4 Å². The Hall–Kier alpha value is -3.50. The Kier molecular flexibility index (Phi) is 6.71. The lowest BCUT2D eigenvalue weighted by Gasteiger charge is -2.15. The van der Waals surface area contributed by atoms with Gasteiger partial charge in [0.05, 0.1) is 29.5 Å². The zero-order chi connectivity index (χ0) is 24.4. The minimum Gasteiger partial charge on any atom is -0.501 e. The Labute approximate surface area is 183 Å². The summed E-state index contributed by atoms with van der Waals surface area (Å²) in [6.07, 6.45) is -5.42. The van der Waals surface area contributed by atoms with Crippen molar-refractivity contribution in [2.75, 3.05) is 11.9 Å². The van der Waals surface area contributed by atoms with E-state index in [4.69, 9.17) is 4.74 Å². The van der Waals surface area contributed by atoms with Gasteiger partial charge in [-0.3, -0.25) is 4.57 Å². The van der Waals surface area contributed by atoms with Crippen LogP contribution in [0.1, 0.15) is 23.6 Å². The molecule has 0 bridgehead atoms. The molecule has 1 N–H and O–H groups in total. The van der Waals surface area contributed by atoms with Crippen molar-refractivity contribution < 1.29 is 40.3 Å². The van der Waals surface area contributed by atoms with Gasteiger partial charge in [0.25, 0.3) is 0 Å². The quantitative estimate of drug-likeness (QED) is 0.246. The van der Waals surface area contributed by atoms with Crippen LogP contribution in [0, 0.1) is 5.82 Å². The molecule has 2 aromatic carbocycles. The molecule has 0 radical (unpaired) electrons.